The normalized spacial score (nSPS) is 13.6. The van der Waals surface area contributed by atoms with E-state index in [0.29, 0.717) is 13.3 Å². The van der Waals surface area contributed by atoms with Crippen LogP contribution in [0.25, 0.3) is 10.8 Å². The van der Waals surface area contributed by atoms with Crippen LogP contribution in [0.4, 0.5) is 11.4 Å². The van der Waals surface area contributed by atoms with Gasteiger partial charge in [-0.3, -0.25) is 0 Å². The lowest BCUT2D eigenvalue weighted by atomic mass is 9.93. The summed E-state index contributed by atoms with van der Waals surface area (Å²) in [6, 6.07) is 32.9. The van der Waals surface area contributed by atoms with Crippen molar-refractivity contribution in [3.63, 3.8) is 0 Å². The highest BCUT2D eigenvalue weighted by Crippen LogP contribution is 2.39. The quantitative estimate of drug-likeness (QED) is 0.210. The zero-order valence-electron chi connectivity index (χ0n) is 19.9. The molecule has 1 aliphatic heterocycles. The molecular weight excluding hydrogens is 528 g/mol. The molecule has 37 heavy (non-hydrogen) atoms. The first-order valence-electron chi connectivity index (χ1n) is 12.1. The number of para-hydroxylation sites is 1. The maximum absolute atomic E-state index is 11.1. The van der Waals surface area contributed by atoms with Crippen molar-refractivity contribution in [1.29, 1.82) is 0 Å². The van der Waals surface area contributed by atoms with E-state index in [1.807, 2.05) is 66.7 Å². The zero-order valence-corrected chi connectivity index (χ0v) is 21.5. The van der Waals surface area contributed by atoms with E-state index in [0.717, 1.165) is 49.1 Å². The Morgan fingerprint density at radius 1 is 0.811 bits per heavy atom. The molecule has 5 nitrogen and oxygen atoms in total. The van der Waals surface area contributed by atoms with Gasteiger partial charge in [0.05, 0.1) is 6.04 Å². The second kappa shape index (κ2) is 9.71. The van der Waals surface area contributed by atoms with Gasteiger partial charge in [0.1, 0.15) is 17.2 Å². The fourth-order valence-corrected chi connectivity index (χ4v) is 5.22. The molecule has 0 aliphatic carbocycles. The number of hydrogen-bond acceptors (Lipinski definition) is 5. The summed E-state index contributed by atoms with van der Waals surface area (Å²) in [6.07, 6.45) is 0. The third kappa shape index (κ3) is 4.68. The molecule has 0 spiro atoms. The highest BCUT2D eigenvalue weighted by molar-refractivity contribution is 9.10. The number of benzene rings is 5. The maximum atomic E-state index is 11.1. The molecule has 1 unspecified atom stereocenters. The highest BCUT2D eigenvalue weighted by Gasteiger charge is 2.24. The van der Waals surface area contributed by atoms with Gasteiger partial charge < -0.3 is 25.2 Å². The molecule has 6 rings (SSSR count). The van der Waals surface area contributed by atoms with Crippen LogP contribution in [-0.2, 0) is 6.54 Å². The van der Waals surface area contributed by atoms with Crippen molar-refractivity contribution in [1.82, 2.24) is 0 Å². The Kier molecular flexibility index (Phi) is 6.10. The van der Waals surface area contributed by atoms with Gasteiger partial charge in [0.25, 0.3) is 0 Å². The summed E-state index contributed by atoms with van der Waals surface area (Å²) in [5.74, 6) is 1.32. The Hall–Kier alpha value is -4.16. The molecule has 0 radical (unpaired) electrons. The Labute approximate surface area is 223 Å². The molecule has 0 saturated carbocycles. The van der Waals surface area contributed by atoms with E-state index in [1.165, 1.54) is 0 Å². The first-order valence-corrected chi connectivity index (χ1v) is 12.9. The zero-order chi connectivity index (χ0) is 25.4. The van der Waals surface area contributed by atoms with E-state index >= 15 is 0 Å². The molecule has 5 aromatic rings. The van der Waals surface area contributed by atoms with Crippen LogP contribution in [-0.4, -0.2) is 16.9 Å². The summed E-state index contributed by atoms with van der Waals surface area (Å²) in [6.45, 7) is 1.10. The van der Waals surface area contributed by atoms with Crippen LogP contribution >= 0.6 is 15.9 Å². The molecule has 0 saturated heterocycles. The molecular formula is C31H25BrN2O3. The first kappa shape index (κ1) is 23.3. The molecule has 1 aliphatic rings. The van der Waals surface area contributed by atoms with Gasteiger partial charge in [0.15, 0.2) is 6.73 Å². The number of phenolic OH excluding ortho intramolecular Hbond substituents is 2. The predicted octanol–water partition coefficient (Wildman–Crippen LogP) is 7.57. The van der Waals surface area contributed by atoms with E-state index in [-0.39, 0.29) is 17.5 Å². The van der Waals surface area contributed by atoms with Gasteiger partial charge in [0, 0.05) is 33.5 Å². The van der Waals surface area contributed by atoms with E-state index in [4.69, 9.17) is 4.74 Å². The smallest absolute Gasteiger partial charge is 0.161 e. The second-order valence-corrected chi connectivity index (χ2v) is 10.0. The largest absolute Gasteiger partial charge is 0.508 e. The van der Waals surface area contributed by atoms with Gasteiger partial charge in [-0.2, -0.15) is 0 Å². The molecule has 0 amide bonds. The van der Waals surface area contributed by atoms with Crippen molar-refractivity contribution in [2.75, 3.05) is 16.9 Å². The molecule has 0 fully saturated rings. The average molecular weight is 553 g/mol. The number of halogens is 1. The minimum Gasteiger partial charge on any atom is -0.508 e. The maximum Gasteiger partial charge on any atom is 0.161 e. The highest BCUT2D eigenvalue weighted by atomic mass is 79.9. The Balaban J connectivity index is 1.42. The van der Waals surface area contributed by atoms with Gasteiger partial charge in [-0.25, -0.2) is 0 Å². The standard InChI is InChI=1S/C31H25BrN2O3/c32-27-7-3-4-8-28(27)33-31(26-16-20-5-1-2-6-21(20)17-29(26)36)22-9-14-30-23(15-22)18-34(19-37-30)24-10-12-25(35)13-11-24/h1-17,31,33,35-36H,18-19H2. The molecule has 5 aromatic carbocycles. The fourth-order valence-electron chi connectivity index (χ4n) is 4.82. The van der Waals surface area contributed by atoms with Crippen molar-refractivity contribution in [3.05, 3.63) is 124 Å². The Morgan fingerprint density at radius 2 is 1.54 bits per heavy atom. The van der Waals surface area contributed by atoms with Crippen molar-refractivity contribution in [3.8, 4) is 17.2 Å². The predicted molar refractivity (Wildman–Crippen MR) is 151 cm³/mol. The molecule has 1 heterocycles. The summed E-state index contributed by atoms with van der Waals surface area (Å²) in [7, 11) is 0. The minimum atomic E-state index is -0.308. The van der Waals surface area contributed by atoms with Crippen molar-refractivity contribution in [2.24, 2.45) is 0 Å². The molecule has 184 valence electrons. The van der Waals surface area contributed by atoms with Crippen LogP contribution in [0.3, 0.4) is 0 Å². The third-order valence-corrected chi connectivity index (χ3v) is 7.44. The number of nitrogens with one attached hydrogen (secondary N) is 1. The average Bonchev–Trinajstić information content (AvgIpc) is 2.92. The number of hydrogen-bond donors (Lipinski definition) is 3. The van der Waals surface area contributed by atoms with Gasteiger partial charge >= 0.3 is 0 Å². The number of aromatic hydroxyl groups is 2. The van der Waals surface area contributed by atoms with Crippen LogP contribution in [0.5, 0.6) is 17.2 Å². The van der Waals surface area contributed by atoms with Crippen LogP contribution in [0, 0.1) is 0 Å². The SMILES string of the molecule is Oc1ccc(N2COc3ccc(C(Nc4ccccc4Br)c4cc5ccccc5cc4O)cc3C2)cc1. The third-order valence-electron chi connectivity index (χ3n) is 6.75. The molecule has 0 bridgehead atoms. The molecule has 3 N–H and O–H groups in total. The molecule has 0 aromatic heterocycles. The van der Waals surface area contributed by atoms with E-state index < -0.39 is 0 Å². The number of phenols is 2. The van der Waals surface area contributed by atoms with Crippen LogP contribution in [0.2, 0.25) is 0 Å². The minimum absolute atomic E-state index is 0.237. The summed E-state index contributed by atoms with van der Waals surface area (Å²) < 4.78 is 7.01. The molecule has 6 heteroatoms. The Bertz CT molecular complexity index is 1590. The van der Waals surface area contributed by atoms with Gasteiger partial charge in [0.2, 0.25) is 0 Å². The van der Waals surface area contributed by atoms with E-state index in [1.54, 1.807) is 12.1 Å². The lowest BCUT2D eigenvalue weighted by Crippen LogP contribution is -2.32. The second-order valence-electron chi connectivity index (χ2n) is 9.17. The van der Waals surface area contributed by atoms with Crippen LogP contribution < -0.4 is 15.0 Å². The fraction of sp³-hybridized carbons (Fsp3) is 0.0968. The van der Waals surface area contributed by atoms with Gasteiger partial charge in [-0.15, -0.1) is 0 Å². The number of rotatable bonds is 5. The van der Waals surface area contributed by atoms with Crippen LogP contribution in [0.15, 0.2) is 108 Å². The van der Waals surface area contributed by atoms with E-state index in [2.05, 4.69) is 50.4 Å². The van der Waals surface area contributed by atoms with Crippen molar-refractivity contribution < 1.29 is 14.9 Å². The number of nitrogens with zero attached hydrogens (tertiary/aromatic N) is 1. The molecule has 1 atom stereocenters. The lowest BCUT2D eigenvalue weighted by Gasteiger charge is -2.32. The Morgan fingerprint density at radius 3 is 2.32 bits per heavy atom. The number of ether oxygens (including phenoxy) is 1. The summed E-state index contributed by atoms with van der Waals surface area (Å²) in [5.41, 5.74) is 4.76. The summed E-state index contributed by atoms with van der Waals surface area (Å²) in [4.78, 5) is 2.12. The van der Waals surface area contributed by atoms with Gasteiger partial charge in [-0.1, -0.05) is 42.5 Å². The summed E-state index contributed by atoms with van der Waals surface area (Å²) >= 11 is 3.66. The van der Waals surface area contributed by atoms with Crippen molar-refractivity contribution in [2.45, 2.75) is 12.6 Å². The first-order chi connectivity index (χ1) is 18.0. The van der Waals surface area contributed by atoms with Gasteiger partial charge in [-0.05, 0) is 92.9 Å². The van der Waals surface area contributed by atoms with Crippen LogP contribution in [0.1, 0.15) is 22.7 Å². The van der Waals surface area contributed by atoms with Crippen molar-refractivity contribution >= 4 is 38.1 Å². The number of anilines is 2. The topological polar surface area (TPSA) is 65.0 Å². The number of fused-ring (bicyclic) bond motifs is 2. The summed E-state index contributed by atoms with van der Waals surface area (Å²) in [5, 5.41) is 26.5. The lowest BCUT2D eigenvalue weighted by molar-refractivity contribution is 0.289. The van der Waals surface area contributed by atoms with E-state index in [9.17, 15) is 10.2 Å². The monoisotopic (exact) mass is 552 g/mol.